The van der Waals surface area contributed by atoms with Gasteiger partial charge in [0.05, 0.1) is 0 Å². The largest absolute Gasteiger partial charge is 0.385 e. The molecule has 1 aromatic carbocycles. The maximum Gasteiger partial charge on any atom is 0.123 e. The van der Waals surface area contributed by atoms with E-state index in [0.29, 0.717) is 11.8 Å². The van der Waals surface area contributed by atoms with E-state index in [2.05, 4.69) is 39.1 Å². The summed E-state index contributed by atoms with van der Waals surface area (Å²) >= 11 is 0. The van der Waals surface area contributed by atoms with Gasteiger partial charge in [-0.1, -0.05) is 33.8 Å². The summed E-state index contributed by atoms with van der Waals surface area (Å²) in [5.74, 6) is 1.01. The zero-order valence-corrected chi connectivity index (χ0v) is 12.3. The van der Waals surface area contributed by atoms with Crippen molar-refractivity contribution in [3.05, 3.63) is 29.3 Å². The smallest absolute Gasteiger partial charge is 0.123 e. The summed E-state index contributed by atoms with van der Waals surface area (Å²) in [6.07, 6.45) is 0.140. The fraction of sp³-hybridized carbons (Fsp3) is 0.625. The molecule has 0 aliphatic heterocycles. The first kappa shape index (κ1) is 15.0. The second-order valence-corrected chi connectivity index (χ2v) is 5.54. The average molecular weight is 251 g/mol. The fourth-order valence-corrected chi connectivity index (χ4v) is 2.02. The molecular weight excluding hydrogens is 225 g/mol. The van der Waals surface area contributed by atoms with E-state index in [0.717, 1.165) is 29.8 Å². The summed E-state index contributed by atoms with van der Waals surface area (Å²) < 4.78 is 13.6. The summed E-state index contributed by atoms with van der Waals surface area (Å²) in [4.78, 5) is 0. The highest BCUT2D eigenvalue weighted by Crippen LogP contribution is 2.31. The van der Waals surface area contributed by atoms with Gasteiger partial charge in [-0.3, -0.25) is 0 Å². The number of rotatable bonds is 6. The van der Waals surface area contributed by atoms with Gasteiger partial charge in [0.25, 0.3) is 0 Å². The molecule has 1 rings (SSSR count). The summed E-state index contributed by atoms with van der Waals surface area (Å²) in [5.41, 5.74) is 3.07. The zero-order chi connectivity index (χ0) is 13.7. The van der Waals surface area contributed by atoms with Crippen LogP contribution in [0.15, 0.2) is 18.2 Å². The maximum atomic E-state index is 13.6. The summed E-state index contributed by atoms with van der Waals surface area (Å²) in [6, 6.07) is 6.02. The third-order valence-electron chi connectivity index (χ3n) is 3.37. The Hall–Kier alpha value is -1.05. The highest BCUT2D eigenvalue weighted by Gasteiger charge is 2.14. The predicted octanol–water partition coefficient (Wildman–Crippen LogP) is 5.30. The second-order valence-electron chi connectivity index (χ2n) is 5.54. The van der Waals surface area contributed by atoms with Gasteiger partial charge < -0.3 is 5.32 Å². The highest BCUT2D eigenvalue weighted by molar-refractivity contribution is 5.50. The van der Waals surface area contributed by atoms with Crippen molar-refractivity contribution in [1.82, 2.24) is 0 Å². The Kier molecular flexibility index (Phi) is 5.64. The molecule has 0 heterocycles. The van der Waals surface area contributed by atoms with E-state index in [4.69, 9.17) is 0 Å². The lowest BCUT2D eigenvalue weighted by Gasteiger charge is -2.18. The van der Waals surface area contributed by atoms with Gasteiger partial charge in [0.1, 0.15) is 6.17 Å². The molecule has 0 radical (unpaired) electrons. The minimum absolute atomic E-state index is 0.402. The van der Waals surface area contributed by atoms with Crippen molar-refractivity contribution in [2.45, 2.75) is 53.1 Å². The summed E-state index contributed by atoms with van der Waals surface area (Å²) in [5, 5.41) is 3.41. The molecular formula is C16H26FN. The zero-order valence-electron chi connectivity index (χ0n) is 12.3. The van der Waals surface area contributed by atoms with Crippen molar-refractivity contribution in [3.8, 4) is 0 Å². The fourth-order valence-electron chi connectivity index (χ4n) is 2.02. The van der Waals surface area contributed by atoms with Gasteiger partial charge in [0.2, 0.25) is 0 Å². The van der Waals surface area contributed by atoms with Crippen molar-refractivity contribution >= 4 is 5.69 Å². The van der Waals surface area contributed by atoms with Gasteiger partial charge in [-0.05, 0) is 48.4 Å². The molecule has 0 amide bonds. The van der Waals surface area contributed by atoms with E-state index in [1.54, 1.807) is 6.92 Å². The van der Waals surface area contributed by atoms with E-state index in [9.17, 15) is 4.39 Å². The number of hydrogen-bond donors (Lipinski definition) is 1. The molecule has 0 saturated carbocycles. The van der Waals surface area contributed by atoms with Crippen molar-refractivity contribution in [3.63, 3.8) is 0 Å². The Morgan fingerprint density at radius 1 is 1.11 bits per heavy atom. The van der Waals surface area contributed by atoms with Gasteiger partial charge in [-0.15, -0.1) is 0 Å². The number of halogens is 1. The first-order chi connectivity index (χ1) is 8.45. The van der Waals surface area contributed by atoms with Gasteiger partial charge in [-0.25, -0.2) is 4.39 Å². The lowest BCUT2D eigenvalue weighted by atomic mass is 9.91. The Morgan fingerprint density at radius 3 is 2.28 bits per heavy atom. The molecule has 0 saturated heterocycles. The Balaban J connectivity index is 2.97. The van der Waals surface area contributed by atoms with Crippen LogP contribution < -0.4 is 5.32 Å². The Labute approximate surface area is 111 Å². The number of nitrogens with one attached hydrogen (secondary N) is 1. The molecule has 0 aromatic heterocycles. The number of benzene rings is 1. The van der Waals surface area contributed by atoms with Crippen LogP contribution in [0.3, 0.4) is 0 Å². The maximum absolute atomic E-state index is 13.6. The predicted molar refractivity (Wildman–Crippen MR) is 78.0 cm³/mol. The minimum atomic E-state index is -0.895. The number of anilines is 1. The number of hydrogen-bond acceptors (Lipinski definition) is 1. The Bertz CT molecular complexity index is 371. The van der Waals surface area contributed by atoms with Gasteiger partial charge in [0, 0.05) is 12.2 Å². The lowest BCUT2D eigenvalue weighted by molar-refractivity contribution is 0.370. The minimum Gasteiger partial charge on any atom is -0.385 e. The van der Waals surface area contributed by atoms with Crippen LogP contribution in [-0.4, -0.2) is 6.54 Å². The van der Waals surface area contributed by atoms with Crippen molar-refractivity contribution < 1.29 is 4.39 Å². The van der Waals surface area contributed by atoms with Crippen LogP contribution in [-0.2, 0) is 0 Å². The van der Waals surface area contributed by atoms with Crippen LogP contribution in [0.25, 0.3) is 0 Å². The van der Waals surface area contributed by atoms with Crippen molar-refractivity contribution in [1.29, 1.82) is 0 Å². The standard InChI is InChI=1S/C16H26FN/c1-6-12(4)16-9-14(18-10-11(2)3)7-8-15(16)13(5)17/h7-9,11-13,18H,6,10H2,1-5H3/t12?,13-/m1/s1. The molecule has 2 atom stereocenters. The summed E-state index contributed by atoms with van der Waals surface area (Å²) in [6.45, 7) is 11.2. The molecule has 18 heavy (non-hydrogen) atoms. The molecule has 102 valence electrons. The Morgan fingerprint density at radius 2 is 1.78 bits per heavy atom. The van der Waals surface area contributed by atoms with E-state index in [1.807, 2.05) is 12.1 Å². The van der Waals surface area contributed by atoms with E-state index in [-0.39, 0.29) is 0 Å². The molecule has 0 aliphatic carbocycles. The van der Waals surface area contributed by atoms with Crippen LogP contribution in [0.2, 0.25) is 0 Å². The molecule has 1 N–H and O–H groups in total. The van der Waals surface area contributed by atoms with Gasteiger partial charge >= 0.3 is 0 Å². The monoisotopic (exact) mass is 251 g/mol. The lowest BCUT2D eigenvalue weighted by Crippen LogP contribution is -2.09. The molecule has 0 aliphatic rings. The van der Waals surface area contributed by atoms with Crippen molar-refractivity contribution in [2.24, 2.45) is 5.92 Å². The third kappa shape index (κ3) is 4.01. The topological polar surface area (TPSA) is 12.0 Å². The third-order valence-corrected chi connectivity index (χ3v) is 3.37. The molecule has 1 aromatic rings. The first-order valence-electron chi connectivity index (χ1n) is 6.97. The van der Waals surface area contributed by atoms with Crippen LogP contribution in [0.1, 0.15) is 64.3 Å². The molecule has 1 nitrogen and oxygen atoms in total. The normalized spacial score (nSPS) is 14.6. The molecule has 2 heteroatoms. The van der Waals surface area contributed by atoms with Crippen molar-refractivity contribution in [2.75, 3.05) is 11.9 Å². The highest BCUT2D eigenvalue weighted by atomic mass is 19.1. The first-order valence-corrected chi connectivity index (χ1v) is 6.97. The second kappa shape index (κ2) is 6.77. The van der Waals surface area contributed by atoms with Crippen LogP contribution in [0.5, 0.6) is 0 Å². The van der Waals surface area contributed by atoms with Gasteiger partial charge in [0.15, 0.2) is 0 Å². The molecule has 1 unspecified atom stereocenters. The average Bonchev–Trinajstić information content (AvgIpc) is 2.34. The van der Waals surface area contributed by atoms with E-state index < -0.39 is 6.17 Å². The van der Waals surface area contributed by atoms with Crippen LogP contribution >= 0.6 is 0 Å². The van der Waals surface area contributed by atoms with Crippen LogP contribution in [0.4, 0.5) is 10.1 Å². The molecule has 0 bridgehead atoms. The van der Waals surface area contributed by atoms with Gasteiger partial charge in [-0.2, -0.15) is 0 Å². The SMILES string of the molecule is CCC(C)c1cc(NCC(C)C)ccc1[C@@H](C)F. The number of alkyl halides is 1. The summed E-state index contributed by atoms with van der Waals surface area (Å²) in [7, 11) is 0. The van der Waals surface area contributed by atoms with Crippen LogP contribution in [0, 0.1) is 5.92 Å². The molecule has 0 spiro atoms. The van der Waals surface area contributed by atoms with E-state index in [1.165, 1.54) is 0 Å². The molecule has 0 fully saturated rings. The quantitative estimate of drug-likeness (QED) is 0.723. The van der Waals surface area contributed by atoms with E-state index >= 15 is 0 Å².